The quantitative estimate of drug-likeness (QED) is 0.0791. The molecule has 0 amide bonds. The van der Waals surface area contributed by atoms with Crippen LogP contribution in [0.1, 0.15) is 110 Å². The lowest BCUT2D eigenvalue weighted by Gasteiger charge is -2.08. The fourth-order valence-corrected chi connectivity index (χ4v) is 3.89. The predicted molar refractivity (Wildman–Crippen MR) is 156 cm³/mol. The summed E-state index contributed by atoms with van der Waals surface area (Å²) in [5.41, 5.74) is 0. The molecule has 0 aliphatic heterocycles. The van der Waals surface area contributed by atoms with E-state index in [1.165, 1.54) is 77.0 Å². The molecule has 0 rings (SSSR count). The first-order chi connectivity index (χ1) is 18.9. The standard InChI is InChI=1S/C31H64O7/c1-3-5-7-8-9-10-11-12-13-14-15-16-17-19-33-21-23-35-25-27-37-29-31-38-30-28-36-26-24-34-22-20-32-18-6-4-2/h3-31H2,1-2H3. The third-order valence-electron chi connectivity index (χ3n) is 6.27. The Balaban J connectivity index is 3.01. The third-order valence-corrected chi connectivity index (χ3v) is 6.27. The monoisotopic (exact) mass is 548 g/mol. The zero-order valence-electron chi connectivity index (χ0n) is 25.4. The Bertz CT molecular complexity index is 362. The molecule has 0 saturated carbocycles. The molecule has 38 heavy (non-hydrogen) atoms. The van der Waals surface area contributed by atoms with Gasteiger partial charge in [0.25, 0.3) is 0 Å². The Kier molecular flexibility index (Phi) is 36.4. The summed E-state index contributed by atoms with van der Waals surface area (Å²) in [5, 5.41) is 0. The molecule has 0 N–H and O–H groups in total. The number of ether oxygens (including phenoxy) is 7. The van der Waals surface area contributed by atoms with E-state index in [9.17, 15) is 0 Å². The van der Waals surface area contributed by atoms with Crippen LogP contribution in [0.15, 0.2) is 0 Å². The minimum atomic E-state index is 0.566. The van der Waals surface area contributed by atoms with Gasteiger partial charge in [0, 0.05) is 13.2 Å². The van der Waals surface area contributed by atoms with E-state index in [0.29, 0.717) is 79.3 Å². The highest BCUT2D eigenvalue weighted by Gasteiger charge is 1.96. The largest absolute Gasteiger partial charge is 0.379 e. The lowest BCUT2D eigenvalue weighted by Crippen LogP contribution is -2.14. The topological polar surface area (TPSA) is 64.6 Å². The van der Waals surface area contributed by atoms with Gasteiger partial charge in [-0.25, -0.2) is 0 Å². The molecule has 0 saturated heterocycles. The van der Waals surface area contributed by atoms with Gasteiger partial charge in [-0.2, -0.15) is 0 Å². The van der Waals surface area contributed by atoms with Gasteiger partial charge in [0.05, 0.1) is 79.3 Å². The molecule has 0 unspecified atom stereocenters. The summed E-state index contributed by atoms with van der Waals surface area (Å²) in [6.07, 6.45) is 20.2. The average Bonchev–Trinajstić information content (AvgIpc) is 2.93. The van der Waals surface area contributed by atoms with Crippen molar-refractivity contribution < 1.29 is 33.2 Å². The van der Waals surface area contributed by atoms with Crippen LogP contribution < -0.4 is 0 Å². The van der Waals surface area contributed by atoms with Crippen LogP contribution in [0.4, 0.5) is 0 Å². The van der Waals surface area contributed by atoms with E-state index in [0.717, 1.165) is 32.5 Å². The van der Waals surface area contributed by atoms with Crippen LogP contribution in [0, 0.1) is 0 Å². The number of rotatable bonds is 35. The molecule has 0 spiro atoms. The van der Waals surface area contributed by atoms with Crippen molar-refractivity contribution in [2.45, 2.75) is 110 Å². The summed E-state index contributed by atoms with van der Waals surface area (Å²) < 4.78 is 38.5. The summed E-state index contributed by atoms with van der Waals surface area (Å²) in [6, 6.07) is 0. The summed E-state index contributed by atoms with van der Waals surface area (Å²) in [4.78, 5) is 0. The van der Waals surface area contributed by atoms with Gasteiger partial charge < -0.3 is 33.2 Å². The van der Waals surface area contributed by atoms with Crippen LogP contribution in [0.25, 0.3) is 0 Å². The van der Waals surface area contributed by atoms with Gasteiger partial charge in [-0.15, -0.1) is 0 Å². The van der Waals surface area contributed by atoms with E-state index in [4.69, 9.17) is 33.2 Å². The molecule has 0 heterocycles. The SMILES string of the molecule is CCCCCCCCCCCCCCCOCCOCCOCCOCCOCCOCCOCCCC. The molecule has 0 atom stereocenters. The highest BCUT2D eigenvalue weighted by atomic mass is 16.6. The molecule has 0 aromatic heterocycles. The lowest BCUT2D eigenvalue weighted by molar-refractivity contribution is -0.0206. The first-order valence-electron chi connectivity index (χ1n) is 16.0. The van der Waals surface area contributed by atoms with Crippen molar-refractivity contribution in [3.8, 4) is 0 Å². The van der Waals surface area contributed by atoms with E-state index in [1.54, 1.807) is 0 Å². The van der Waals surface area contributed by atoms with Crippen molar-refractivity contribution in [3.05, 3.63) is 0 Å². The summed E-state index contributed by atoms with van der Waals surface area (Å²) in [7, 11) is 0. The Labute approximate surface area is 235 Å². The van der Waals surface area contributed by atoms with Crippen molar-refractivity contribution in [2.24, 2.45) is 0 Å². The van der Waals surface area contributed by atoms with Crippen molar-refractivity contribution in [1.82, 2.24) is 0 Å². The van der Waals surface area contributed by atoms with Gasteiger partial charge in [-0.05, 0) is 12.8 Å². The number of hydrogen-bond donors (Lipinski definition) is 0. The molecule has 0 aliphatic carbocycles. The minimum absolute atomic E-state index is 0.566. The van der Waals surface area contributed by atoms with Gasteiger partial charge in [0.2, 0.25) is 0 Å². The third kappa shape index (κ3) is 35.7. The van der Waals surface area contributed by atoms with Gasteiger partial charge in [-0.1, -0.05) is 97.3 Å². The zero-order valence-corrected chi connectivity index (χ0v) is 25.4. The Hall–Kier alpha value is -0.280. The summed E-state index contributed by atoms with van der Waals surface area (Å²) in [6.45, 7) is 13.3. The predicted octanol–water partition coefficient (Wildman–Crippen LogP) is 6.99. The average molecular weight is 549 g/mol. The van der Waals surface area contributed by atoms with Gasteiger partial charge in [0.15, 0.2) is 0 Å². The summed E-state index contributed by atoms with van der Waals surface area (Å²) >= 11 is 0. The maximum Gasteiger partial charge on any atom is 0.0701 e. The van der Waals surface area contributed by atoms with Crippen LogP contribution in [-0.2, 0) is 33.2 Å². The van der Waals surface area contributed by atoms with Gasteiger partial charge in [0.1, 0.15) is 0 Å². The molecule has 0 fully saturated rings. The second-order valence-electron chi connectivity index (χ2n) is 9.88. The van der Waals surface area contributed by atoms with Crippen LogP contribution in [0.3, 0.4) is 0 Å². The van der Waals surface area contributed by atoms with E-state index >= 15 is 0 Å². The number of hydrogen-bond acceptors (Lipinski definition) is 7. The molecule has 0 aliphatic rings. The van der Waals surface area contributed by atoms with Crippen LogP contribution >= 0.6 is 0 Å². The molecule has 7 heteroatoms. The highest BCUT2D eigenvalue weighted by Crippen LogP contribution is 2.12. The van der Waals surface area contributed by atoms with Crippen molar-refractivity contribution in [3.63, 3.8) is 0 Å². The van der Waals surface area contributed by atoms with E-state index in [-0.39, 0.29) is 0 Å². The Morgan fingerprint density at radius 2 is 0.421 bits per heavy atom. The Morgan fingerprint density at radius 1 is 0.211 bits per heavy atom. The fraction of sp³-hybridized carbons (Fsp3) is 1.00. The lowest BCUT2D eigenvalue weighted by atomic mass is 10.0. The van der Waals surface area contributed by atoms with Crippen molar-refractivity contribution >= 4 is 0 Å². The van der Waals surface area contributed by atoms with E-state index in [1.807, 2.05) is 0 Å². The first-order valence-corrected chi connectivity index (χ1v) is 16.0. The minimum Gasteiger partial charge on any atom is -0.379 e. The molecule has 0 aromatic rings. The molecule has 0 bridgehead atoms. The fourth-order valence-electron chi connectivity index (χ4n) is 3.89. The van der Waals surface area contributed by atoms with Crippen LogP contribution in [0.2, 0.25) is 0 Å². The normalized spacial score (nSPS) is 11.5. The second kappa shape index (κ2) is 36.7. The molecule has 0 radical (unpaired) electrons. The Morgan fingerprint density at radius 3 is 0.711 bits per heavy atom. The molecular formula is C31H64O7. The van der Waals surface area contributed by atoms with Crippen molar-refractivity contribution in [1.29, 1.82) is 0 Å². The van der Waals surface area contributed by atoms with E-state index in [2.05, 4.69) is 13.8 Å². The van der Waals surface area contributed by atoms with Gasteiger partial charge in [-0.3, -0.25) is 0 Å². The molecular weight excluding hydrogens is 484 g/mol. The van der Waals surface area contributed by atoms with Crippen molar-refractivity contribution in [2.75, 3.05) is 92.5 Å². The maximum atomic E-state index is 5.66. The smallest absolute Gasteiger partial charge is 0.0701 e. The second-order valence-corrected chi connectivity index (χ2v) is 9.88. The number of unbranched alkanes of at least 4 members (excludes halogenated alkanes) is 13. The summed E-state index contributed by atoms with van der Waals surface area (Å²) in [5.74, 6) is 0. The van der Waals surface area contributed by atoms with E-state index < -0.39 is 0 Å². The molecule has 0 aromatic carbocycles. The highest BCUT2D eigenvalue weighted by molar-refractivity contribution is 4.49. The van der Waals surface area contributed by atoms with Crippen LogP contribution in [0.5, 0.6) is 0 Å². The maximum absolute atomic E-state index is 5.66. The van der Waals surface area contributed by atoms with Crippen LogP contribution in [-0.4, -0.2) is 92.5 Å². The molecule has 7 nitrogen and oxygen atoms in total. The zero-order chi connectivity index (χ0) is 27.5. The molecule has 230 valence electrons. The van der Waals surface area contributed by atoms with Gasteiger partial charge >= 0.3 is 0 Å². The first kappa shape index (κ1) is 37.7.